The van der Waals surface area contributed by atoms with E-state index in [1.807, 2.05) is 90.9 Å². The number of rotatable bonds is 37. The van der Waals surface area contributed by atoms with Gasteiger partial charge in [-0.15, -0.1) is 13.5 Å². The number of nitrogens with one attached hydrogen (secondary N) is 2. The van der Waals surface area contributed by atoms with Crippen LogP contribution in [0.25, 0.3) is 0 Å². The van der Waals surface area contributed by atoms with Crippen LogP contribution in [-0.2, 0) is 109 Å². The number of methoxy groups -OCH3 is 2. The molecule has 7 aromatic carbocycles. The Morgan fingerprint density at radius 1 is 0.576 bits per heavy atom. The molecule has 658 valence electrons. The molecule has 6 N–H and O–H groups in total. The first-order valence-corrected chi connectivity index (χ1v) is 42.8. The minimum absolute atomic E-state index is 0.00265. The summed E-state index contributed by atoms with van der Waals surface area (Å²) in [6, 6.07) is 38.3. The van der Waals surface area contributed by atoms with Gasteiger partial charge in [-0.2, -0.15) is 0 Å². The van der Waals surface area contributed by atoms with E-state index in [-0.39, 0.29) is 118 Å². The number of carbonyl (C=O) groups is 6. The maximum Gasteiger partial charge on any atom is 0.501 e. The third-order valence-electron chi connectivity index (χ3n) is 22.9. The minimum atomic E-state index is -5.09. The van der Waals surface area contributed by atoms with Crippen molar-refractivity contribution in [3.8, 4) is 40.2 Å². The lowest BCUT2D eigenvalue weighted by Crippen LogP contribution is -2.60. The molecule has 8 aromatic rings. The number of aliphatic hydroxyl groups is 4. The second-order valence-corrected chi connectivity index (χ2v) is 33.5. The van der Waals surface area contributed by atoms with Crippen LogP contribution in [-0.4, -0.2) is 241 Å². The Bertz CT molecular complexity index is 5320. The standard InChI is InChI=1S/C90H99N11O23S/c1-101(2,50-57-33-58(52-119-77-41-72-70(39-75(77)114-3)88(110)98-46-64-11-7-5-9-61(64)36-67(98)43-93-72)35-59(34-57)53-120-78-42-73-71(40-76(78)115-4)89(111)99-47-65-12-8-6-10-62(65)37-68(99)44-94-73)49-56-15-20-69(21-16-56)123-125(112,113)124-79-38-63(19-22-74(79)121-90-85(107)84(106)83(105)80(51-102)122-90)87(109)92-25-28-116-30-27-97-48-66(95-96-97)54-118-32-31-117-29-26-91-86(108)60-17-13-55(14-18-60)45-100-81(103)23-24-82(100)104/h5-12,15-16,19-24,33-35,38-44,48,55,60,67-68,80,83-85,90,102,105-107H,13-14,17-18,25-32,36-37,45-47,49-54H2,1-4H3,(H-,91,92,108,109)/p+1/t55?,60?,67-,68-,80+,83-,84-,85+,90?/m0/s1. The lowest BCUT2D eigenvalue weighted by Gasteiger charge is -2.39. The summed E-state index contributed by atoms with van der Waals surface area (Å²) in [6.07, 6.45) is 3.35. The lowest BCUT2D eigenvalue weighted by atomic mass is 9.81. The van der Waals surface area contributed by atoms with Crippen LogP contribution in [0.4, 0.5) is 11.4 Å². The van der Waals surface area contributed by atoms with Crippen molar-refractivity contribution in [1.29, 1.82) is 0 Å². The van der Waals surface area contributed by atoms with E-state index in [4.69, 9.17) is 61.0 Å². The van der Waals surface area contributed by atoms with Crippen LogP contribution in [0.3, 0.4) is 0 Å². The number of hydrogen-bond acceptors (Lipinski definition) is 27. The highest BCUT2D eigenvalue weighted by molar-refractivity contribution is 7.82. The zero-order chi connectivity index (χ0) is 87.5. The zero-order valence-electron chi connectivity index (χ0n) is 69.5. The quantitative estimate of drug-likeness (QED) is 0.0137. The van der Waals surface area contributed by atoms with Crippen molar-refractivity contribution in [3.63, 3.8) is 0 Å². The van der Waals surface area contributed by atoms with Crippen LogP contribution in [0.15, 0.2) is 162 Å². The zero-order valence-corrected chi connectivity index (χ0v) is 70.3. The number of benzene rings is 7. The Balaban J connectivity index is 0.560. The van der Waals surface area contributed by atoms with Crippen LogP contribution >= 0.6 is 0 Å². The fraction of sp³-hybridized carbons (Fsp3) is 0.400. The second kappa shape index (κ2) is 39.4. The highest BCUT2D eigenvalue weighted by Crippen LogP contribution is 2.43. The second-order valence-electron chi connectivity index (χ2n) is 32.4. The van der Waals surface area contributed by atoms with Gasteiger partial charge in [0, 0.05) is 92.0 Å². The van der Waals surface area contributed by atoms with E-state index < -0.39 is 65.1 Å². The molecule has 0 spiro atoms. The van der Waals surface area contributed by atoms with Gasteiger partial charge in [-0.1, -0.05) is 53.7 Å². The van der Waals surface area contributed by atoms with E-state index in [0.29, 0.717) is 134 Å². The van der Waals surface area contributed by atoms with Gasteiger partial charge >= 0.3 is 10.4 Å². The highest BCUT2D eigenvalue weighted by Gasteiger charge is 2.46. The first kappa shape index (κ1) is 87.9. The SMILES string of the molecule is COc1cc2c(cc1OCc1cc(COc3cc4c(cc3OC)C(=O)N3Cc5ccccc5C[C@H]3C=N4)cc(C[N+](C)(C)Cc3ccc(OS(=O)(=O)Oc4cc(C(=O)NCCOCCn5cc(COCCOCCNC(=O)C6CCC(CN7C(=O)C=CC7=O)CC6)nn5)ccc4OC4O[C@H](CO)[C@H](O)[C@H](O)[C@H]4O)cc3)c1)N=C[C@@H]1Cc3ccccc3CN1C2=O. The number of carbonyl (C=O) groups excluding carboxylic acids is 6. The monoisotopic (exact) mass is 1730 g/mol. The van der Waals surface area contributed by atoms with E-state index in [1.165, 1.54) is 60.6 Å². The molecule has 1 saturated heterocycles. The summed E-state index contributed by atoms with van der Waals surface area (Å²) in [4.78, 5) is 93.6. The van der Waals surface area contributed by atoms with Crippen LogP contribution in [0.2, 0.25) is 0 Å². The van der Waals surface area contributed by atoms with Gasteiger partial charge in [0.1, 0.15) is 62.2 Å². The average molecular weight is 1740 g/mol. The third-order valence-corrected chi connectivity index (χ3v) is 23.7. The number of quaternary nitrogens is 1. The molecule has 1 unspecified atom stereocenters. The molecule has 35 heteroatoms. The molecule has 125 heavy (non-hydrogen) atoms. The van der Waals surface area contributed by atoms with E-state index in [0.717, 1.165) is 58.4 Å². The number of aliphatic imine (C=N–C) groups is 2. The smallest absolute Gasteiger partial charge is 0.493 e. The molecule has 34 nitrogen and oxygen atoms in total. The molecular formula is C90H100N11O23S+. The van der Waals surface area contributed by atoms with Gasteiger partial charge in [-0.25, -0.2) is 4.68 Å². The first-order chi connectivity index (χ1) is 60.4. The van der Waals surface area contributed by atoms with Gasteiger partial charge in [0.05, 0.1) is 122 Å². The van der Waals surface area contributed by atoms with Gasteiger partial charge < -0.3 is 96.3 Å². The number of amides is 6. The molecule has 2 fully saturated rings. The fourth-order valence-corrected chi connectivity index (χ4v) is 17.2. The van der Waals surface area contributed by atoms with Crippen LogP contribution in [0, 0.1) is 11.8 Å². The van der Waals surface area contributed by atoms with Crippen molar-refractivity contribution in [2.75, 3.05) is 87.6 Å². The topological polar surface area (TPSA) is 408 Å². The Morgan fingerprint density at radius 3 is 1.74 bits per heavy atom. The van der Waals surface area contributed by atoms with Crippen molar-refractivity contribution in [1.82, 2.24) is 40.3 Å². The van der Waals surface area contributed by atoms with Gasteiger partial charge in [0.15, 0.2) is 34.5 Å². The Kier molecular flexibility index (Phi) is 27.7. The summed E-state index contributed by atoms with van der Waals surface area (Å²) in [5.41, 5.74) is 9.83. The predicted molar refractivity (Wildman–Crippen MR) is 450 cm³/mol. The Labute approximate surface area is 721 Å². The van der Waals surface area contributed by atoms with Crippen LogP contribution < -0.4 is 42.7 Å². The van der Waals surface area contributed by atoms with Crippen molar-refractivity contribution in [2.24, 2.45) is 21.8 Å². The number of hydrogen-bond donors (Lipinski definition) is 6. The molecule has 1 saturated carbocycles. The summed E-state index contributed by atoms with van der Waals surface area (Å²) in [5, 5.41) is 55.8. The summed E-state index contributed by atoms with van der Waals surface area (Å²) in [6.45, 7) is 3.33. The summed E-state index contributed by atoms with van der Waals surface area (Å²) in [5.74, 6) is -1.34. The van der Waals surface area contributed by atoms with Crippen molar-refractivity contribution in [2.45, 2.75) is 134 Å². The summed E-state index contributed by atoms with van der Waals surface area (Å²) < 4.78 is 94.5. The van der Waals surface area contributed by atoms with Crippen LogP contribution in [0.1, 0.15) is 107 Å². The van der Waals surface area contributed by atoms with E-state index in [1.54, 1.807) is 47.3 Å². The number of nitrogens with zero attached hydrogens (tertiary/aromatic N) is 9. The van der Waals surface area contributed by atoms with E-state index in [9.17, 15) is 57.6 Å². The van der Waals surface area contributed by atoms with Crippen LogP contribution in [0.5, 0.6) is 40.2 Å². The molecule has 7 atom stereocenters. The maximum absolute atomic E-state index is 14.3. The number of imide groups is 1. The fourth-order valence-electron chi connectivity index (χ4n) is 16.5. The molecule has 0 bridgehead atoms. The number of ether oxygens (including phenoxy) is 9. The van der Waals surface area contributed by atoms with Gasteiger partial charge in [0.2, 0.25) is 12.2 Å². The van der Waals surface area contributed by atoms with Crippen molar-refractivity contribution < 1.29 is 113 Å². The van der Waals surface area contributed by atoms with Crippen molar-refractivity contribution in [3.05, 3.63) is 219 Å². The lowest BCUT2D eigenvalue weighted by molar-refractivity contribution is -0.916. The maximum atomic E-state index is 14.3. The Morgan fingerprint density at radius 2 is 1.14 bits per heavy atom. The summed E-state index contributed by atoms with van der Waals surface area (Å²) in [7, 11) is 2.01. The normalized spacial score (nSPS) is 20.7. The van der Waals surface area contributed by atoms with E-state index >= 15 is 0 Å². The Hall–Kier alpha value is -12.0. The first-order valence-electron chi connectivity index (χ1n) is 41.4. The van der Waals surface area contributed by atoms with Gasteiger partial charge in [-0.05, 0) is 151 Å². The molecule has 1 aliphatic carbocycles. The molecule has 1 aromatic heterocycles. The van der Waals surface area contributed by atoms with Gasteiger partial charge in [0.25, 0.3) is 29.5 Å². The molecule has 6 aliphatic heterocycles. The summed E-state index contributed by atoms with van der Waals surface area (Å²) >= 11 is 0. The third kappa shape index (κ3) is 21.5. The molecular weight excluding hydrogens is 1640 g/mol. The molecule has 7 aliphatic rings. The molecule has 0 radical (unpaired) electrons. The van der Waals surface area contributed by atoms with Crippen molar-refractivity contribution >= 4 is 69.6 Å². The molecule has 6 amide bonds. The van der Waals surface area contributed by atoms with Gasteiger partial charge in [-0.3, -0.25) is 43.7 Å². The average Bonchev–Trinajstić information content (AvgIpc) is 1.72. The highest BCUT2D eigenvalue weighted by atomic mass is 32.3. The van der Waals surface area contributed by atoms with E-state index in [2.05, 4.69) is 33.1 Å². The molecule has 7 heterocycles. The predicted octanol–water partition coefficient (Wildman–Crippen LogP) is 6.50. The minimum Gasteiger partial charge on any atom is -0.493 e. The molecule has 15 rings (SSSR count). The number of fused-ring (bicyclic) bond motifs is 6. The largest absolute Gasteiger partial charge is 0.501 e. The number of aliphatic hydroxyl groups excluding tert-OH is 4. The number of aromatic nitrogens is 3.